The second-order valence-electron chi connectivity index (χ2n) is 6.73. The molecular formula is C17H29N3. The summed E-state index contributed by atoms with van der Waals surface area (Å²) >= 11 is 0. The molecule has 0 atom stereocenters. The molecule has 2 heterocycles. The summed E-state index contributed by atoms with van der Waals surface area (Å²) in [4.78, 5) is 7.27. The van der Waals surface area contributed by atoms with Crippen molar-refractivity contribution in [2.24, 2.45) is 5.41 Å². The molecule has 1 aliphatic heterocycles. The molecule has 0 amide bonds. The predicted molar refractivity (Wildman–Crippen MR) is 85.9 cm³/mol. The molecular weight excluding hydrogens is 246 g/mol. The van der Waals surface area contributed by atoms with E-state index in [2.05, 4.69) is 49.2 Å². The van der Waals surface area contributed by atoms with Gasteiger partial charge in [-0.05, 0) is 56.3 Å². The highest BCUT2D eigenvalue weighted by atomic mass is 15.1. The second kappa shape index (κ2) is 7.07. The van der Waals surface area contributed by atoms with Crippen LogP contribution in [0.25, 0.3) is 0 Å². The maximum atomic E-state index is 4.72. The Morgan fingerprint density at radius 2 is 2.10 bits per heavy atom. The van der Waals surface area contributed by atoms with Crippen LogP contribution in [0, 0.1) is 5.41 Å². The Kier molecular flexibility index (Phi) is 5.41. The third kappa shape index (κ3) is 4.78. The highest BCUT2D eigenvalue weighted by molar-refractivity contribution is 5.35. The second-order valence-corrected chi connectivity index (χ2v) is 6.73. The standard InChI is InChI=1S/C17H29N3/c1-4-11-18-16-8-5-7-15(19-16)14-20-12-6-9-17(2,3)10-13-20/h5,7-8H,4,6,9-14H2,1-3H3,(H,18,19). The third-order valence-electron chi connectivity index (χ3n) is 4.18. The van der Waals surface area contributed by atoms with Gasteiger partial charge in [0.1, 0.15) is 5.82 Å². The largest absolute Gasteiger partial charge is 0.370 e. The number of pyridine rings is 1. The number of hydrogen-bond donors (Lipinski definition) is 1. The minimum absolute atomic E-state index is 0.507. The summed E-state index contributed by atoms with van der Waals surface area (Å²) in [5, 5.41) is 3.37. The van der Waals surface area contributed by atoms with Gasteiger partial charge in [-0.2, -0.15) is 0 Å². The normalized spacial score (nSPS) is 19.6. The van der Waals surface area contributed by atoms with Gasteiger partial charge < -0.3 is 5.32 Å². The van der Waals surface area contributed by atoms with Crippen molar-refractivity contribution in [3.05, 3.63) is 23.9 Å². The fourth-order valence-corrected chi connectivity index (χ4v) is 2.79. The molecule has 2 rings (SSSR count). The predicted octanol–water partition coefficient (Wildman–Crippen LogP) is 3.92. The lowest BCUT2D eigenvalue weighted by atomic mass is 9.85. The van der Waals surface area contributed by atoms with E-state index in [4.69, 9.17) is 4.98 Å². The lowest BCUT2D eigenvalue weighted by Crippen LogP contribution is -2.25. The van der Waals surface area contributed by atoms with E-state index in [0.29, 0.717) is 5.41 Å². The molecule has 0 spiro atoms. The molecule has 0 aromatic carbocycles. The first-order valence-electron chi connectivity index (χ1n) is 8.01. The van der Waals surface area contributed by atoms with E-state index in [1.165, 1.54) is 38.0 Å². The van der Waals surface area contributed by atoms with Crippen LogP contribution in [0.4, 0.5) is 5.82 Å². The number of rotatable bonds is 5. The summed E-state index contributed by atoms with van der Waals surface area (Å²) in [6, 6.07) is 6.32. The molecule has 112 valence electrons. The Morgan fingerprint density at radius 3 is 2.90 bits per heavy atom. The zero-order valence-corrected chi connectivity index (χ0v) is 13.3. The molecule has 1 aromatic rings. The van der Waals surface area contributed by atoms with Crippen LogP contribution in [0.2, 0.25) is 0 Å². The van der Waals surface area contributed by atoms with Crippen LogP contribution in [-0.2, 0) is 6.54 Å². The molecule has 0 saturated carbocycles. The van der Waals surface area contributed by atoms with Crippen LogP contribution in [-0.4, -0.2) is 29.5 Å². The monoisotopic (exact) mass is 275 g/mol. The number of likely N-dealkylation sites (tertiary alicyclic amines) is 1. The van der Waals surface area contributed by atoms with E-state index in [9.17, 15) is 0 Å². The molecule has 20 heavy (non-hydrogen) atoms. The summed E-state index contributed by atoms with van der Waals surface area (Å²) in [6.45, 7) is 11.3. The van der Waals surface area contributed by atoms with Gasteiger partial charge in [-0.1, -0.05) is 26.8 Å². The highest BCUT2D eigenvalue weighted by Crippen LogP contribution is 2.30. The van der Waals surface area contributed by atoms with E-state index in [-0.39, 0.29) is 0 Å². The van der Waals surface area contributed by atoms with Crippen molar-refractivity contribution in [2.75, 3.05) is 25.0 Å². The fourth-order valence-electron chi connectivity index (χ4n) is 2.79. The van der Waals surface area contributed by atoms with Gasteiger partial charge in [0, 0.05) is 13.1 Å². The van der Waals surface area contributed by atoms with Gasteiger partial charge in [0.2, 0.25) is 0 Å². The number of nitrogens with one attached hydrogen (secondary N) is 1. The smallest absolute Gasteiger partial charge is 0.126 e. The van der Waals surface area contributed by atoms with Crippen molar-refractivity contribution < 1.29 is 0 Å². The molecule has 1 aliphatic rings. The first-order valence-corrected chi connectivity index (χ1v) is 8.01. The summed E-state index contributed by atoms with van der Waals surface area (Å²) < 4.78 is 0. The first-order chi connectivity index (χ1) is 9.59. The maximum Gasteiger partial charge on any atom is 0.126 e. The lowest BCUT2D eigenvalue weighted by Gasteiger charge is -2.23. The van der Waals surface area contributed by atoms with Gasteiger partial charge in [-0.3, -0.25) is 4.90 Å². The molecule has 0 aliphatic carbocycles. The van der Waals surface area contributed by atoms with Crippen LogP contribution >= 0.6 is 0 Å². The third-order valence-corrected chi connectivity index (χ3v) is 4.18. The number of hydrogen-bond acceptors (Lipinski definition) is 3. The summed E-state index contributed by atoms with van der Waals surface area (Å²) in [6.07, 6.45) is 5.07. The summed E-state index contributed by atoms with van der Waals surface area (Å²) in [5.41, 5.74) is 1.69. The first kappa shape index (κ1) is 15.3. The van der Waals surface area contributed by atoms with Gasteiger partial charge in [0.05, 0.1) is 5.69 Å². The molecule has 3 heteroatoms. The summed E-state index contributed by atoms with van der Waals surface area (Å²) in [7, 11) is 0. The van der Waals surface area contributed by atoms with Gasteiger partial charge >= 0.3 is 0 Å². The number of aromatic nitrogens is 1. The Balaban J connectivity index is 1.92. The zero-order valence-electron chi connectivity index (χ0n) is 13.3. The Morgan fingerprint density at radius 1 is 1.25 bits per heavy atom. The lowest BCUT2D eigenvalue weighted by molar-refractivity contribution is 0.253. The quantitative estimate of drug-likeness (QED) is 0.883. The average molecular weight is 275 g/mol. The van der Waals surface area contributed by atoms with Crippen molar-refractivity contribution in [1.29, 1.82) is 0 Å². The minimum Gasteiger partial charge on any atom is -0.370 e. The van der Waals surface area contributed by atoms with Crippen molar-refractivity contribution in [1.82, 2.24) is 9.88 Å². The fraction of sp³-hybridized carbons (Fsp3) is 0.706. The molecule has 0 unspecified atom stereocenters. The van der Waals surface area contributed by atoms with Crippen LogP contribution < -0.4 is 5.32 Å². The van der Waals surface area contributed by atoms with Crippen LogP contribution in [0.1, 0.15) is 52.1 Å². The van der Waals surface area contributed by atoms with Crippen LogP contribution in [0.5, 0.6) is 0 Å². The van der Waals surface area contributed by atoms with Crippen LogP contribution in [0.3, 0.4) is 0 Å². The Hall–Kier alpha value is -1.09. The van der Waals surface area contributed by atoms with Crippen molar-refractivity contribution in [3.63, 3.8) is 0 Å². The van der Waals surface area contributed by atoms with Gasteiger partial charge in [-0.25, -0.2) is 4.98 Å². The molecule has 1 N–H and O–H groups in total. The molecule has 0 radical (unpaired) electrons. The van der Waals surface area contributed by atoms with Crippen molar-refractivity contribution in [3.8, 4) is 0 Å². The topological polar surface area (TPSA) is 28.2 Å². The average Bonchev–Trinajstić information content (AvgIpc) is 2.58. The SMILES string of the molecule is CCCNc1cccc(CN2CCCC(C)(C)CC2)n1. The molecule has 1 saturated heterocycles. The molecule has 1 aromatic heterocycles. The number of anilines is 1. The van der Waals surface area contributed by atoms with Crippen molar-refractivity contribution >= 4 is 5.82 Å². The van der Waals surface area contributed by atoms with E-state index < -0.39 is 0 Å². The van der Waals surface area contributed by atoms with E-state index >= 15 is 0 Å². The van der Waals surface area contributed by atoms with Crippen molar-refractivity contribution in [2.45, 2.75) is 53.0 Å². The highest BCUT2D eigenvalue weighted by Gasteiger charge is 2.23. The molecule has 1 fully saturated rings. The van der Waals surface area contributed by atoms with E-state index in [1.807, 2.05) is 0 Å². The number of nitrogens with zero attached hydrogens (tertiary/aromatic N) is 2. The zero-order chi connectivity index (χ0) is 14.4. The van der Waals surface area contributed by atoms with Crippen LogP contribution in [0.15, 0.2) is 18.2 Å². The summed E-state index contributed by atoms with van der Waals surface area (Å²) in [5.74, 6) is 1.01. The molecule has 0 bridgehead atoms. The minimum atomic E-state index is 0.507. The van der Waals surface area contributed by atoms with E-state index in [1.54, 1.807) is 0 Å². The Bertz CT molecular complexity index is 414. The maximum absolute atomic E-state index is 4.72. The van der Waals surface area contributed by atoms with E-state index in [0.717, 1.165) is 25.3 Å². The van der Waals surface area contributed by atoms with Gasteiger partial charge in [0.25, 0.3) is 0 Å². The Labute approximate surface area is 123 Å². The molecule has 3 nitrogen and oxygen atoms in total. The van der Waals surface area contributed by atoms with Gasteiger partial charge in [-0.15, -0.1) is 0 Å². The van der Waals surface area contributed by atoms with Gasteiger partial charge in [0.15, 0.2) is 0 Å².